The van der Waals surface area contributed by atoms with E-state index in [1.54, 1.807) is 32.0 Å². The zero-order valence-corrected chi connectivity index (χ0v) is 21.9. The first-order valence-electron chi connectivity index (χ1n) is 12.3. The number of fused-ring (bicyclic) bond motifs is 2. The van der Waals surface area contributed by atoms with Crippen molar-refractivity contribution in [3.8, 4) is 5.75 Å². The van der Waals surface area contributed by atoms with Crippen LogP contribution in [-0.2, 0) is 24.8 Å². The summed E-state index contributed by atoms with van der Waals surface area (Å²) in [5.41, 5.74) is -0.245. The molecule has 36 heavy (non-hydrogen) atoms. The monoisotopic (exact) mass is 523 g/mol. The molecule has 1 aliphatic rings. The van der Waals surface area contributed by atoms with E-state index in [1.165, 1.54) is 0 Å². The molecule has 4 rings (SSSR count). The number of aromatic nitrogens is 2. The van der Waals surface area contributed by atoms with Crippen molar-refractivity contribution in [1.29, 1.82) is 0 Å². The highest BCUT2D eigenvalue weighted by molar-refractivity contribution is 6.30. The molecule has 0 bridgehead atoms. The first-order valence-corrected chi connectivity index (χ1v) is 12.7. The number of pyridine rings is 1. The molecule has 9 heteroatoms. The average molecular weight is 524 g/mol. The summed E-state index contributed by atoms with van der Waals surface area (Å²) in [6.45, 7) is 10.4. The lowest BCUT2D eigenvalue weighted by Gasteiger charge is -2.38. The van der Waals surface area contributed by atoms with Crippen molar-refractivity contribution in [1.82, 2.24) is 14.9 Å². The Bertz CT molecular complexity index is 1240. The van der Waals surface area contributed by atoms with Crippen LogP contribution in [0.2, 0.25) is 5.02 Å². The topological polar surface area (TPSA) is 61.4 Å². The highest BCUT2D eigenvalue weighted by atomic mass is 35.5. The van der Waals surface area contributed by atoms with Crippen molar-refractivity contribution in [2.75, 3.05) is 19.7 Å². The maximum Gasteiger partial charge on any atom is 0.417 e. The normalized spacial score (nSPS) is 15.8. The number of nitrogens with zero attached hydrogens (tertiary/aromatic N) is 2. The van der Waals surface area contributed by atoms with Gasteiger partial charge in [-0.1, -0.05) is 39.3 Å². The molecule has 1 aromatic carbocycles. The molecule has 2 aromatic heterocycles. The van der Waals surface area contributed by atoms with Crippen LogP contribution in [0.3, 0.4) is 0 Å². The summed E-state index contributed by atoms with van der Waals surface area (Å²) in [4.78, 5) is 9.87. The predicted octanol–water partition coefficient (Wildman–Crippen LogP) is 6.20. The van der Waals surface area contributed by atoms with Crippen molar-refractivity contribution in [2.45, 2.75) is 70.7 Å². The van der Waals surface area contributed by atoms with Crippen molar-refractivity contribution < 1.29 is 23.0 Å². The molecule has 3 aromatic rings. The number of aliphatic hydroxyl groups is 1. The summed E-state index contributed by atoms with van der Waals surface area (Å²) in [5.74, 6) is 0.574. The van der Waals surface area contributed by atoms with Gasteiger partial charge in [-0.05, 0) is 60.8 Å². The van der Waals surface area contributed by atoms with E-state index in [1.807, 2.05) is 12.1 Å². The zero-order valence-electron chi connectivity index (χ0n) is 21.1. The Kier molecular flexibility index (Phi) is 7.34. The van der Waals surface area contributed by atoms with Crippen LogP contribution >= 0.6 is 11.6 Å². The van der Waals surface area contributed by atoms with Crippen LogP contribution in [0.15, 0.2) is 30.3 Å². The molecule has 0 radical (unpaired) electrons. The van der Waals surface area contributed by atoms with Gasteiger partial charge in [0.2, 0.25) is 0 Å². The van der Waals surface area contributed by atoms with Crippen molar-refractivity contribution in [2.24, 2.45) is 0 Å². The van der Waals surface area contributed by atoms with Gasteiger partial charge in [0.25, 0.3) is 0 Å². The van der Waals surface area contributed by atoms with E-state index < -0.39 is 30.0 Å². The van der Waals surface area contributed by atoms with Crippen LogP contribution in [-0.4, -0.2) is 51.4 Å². The lowest BCUT2D eigenvalue weighted by molar-refractivity contribution is -0.266. The molecule has 1 aliphatic heterocycles. The maximum atomic E-state index is 14.4. The van der Waals surface area contributed by atoms with Gasteiger partial charge in [0.1, 0.15) is 5.75 Å². The molecule has 3 heterocycles. The number of halogens is 4. The third-order valence-electron chi connectivity index (χ3n) is 7.09. The third-order valence-corrected chi connectivity index (χ3v) is 7.31. The molecule has 196 valence electrons. The van der Waals surface area contributed by atoms with Gasteiger partial charge in [-0.25, -0.2) is 4.98 Å². The van der Waals surface area contributed by atoms with E-state index in [-0.39, 0.29) is 5.69 Å². The van der Waals surface area contributed by atoms with Gasteiger partial charge in [0, 0.05) is 35.7 Å². The minimum absolute atomic E-state index is 0.278. The minimum atomic E-state index is -4.86. The molecule has 2 N–H and O–H groups in total. The second kappa shape index (κ2) is 9.88. The summed E-state index contributed by atoms with van der Waals surface area (Å²) >= 11 is 6.28. The summed E-state index contributed by atoms with van der Waals surface area (Å²) in [5, 5.41) is 11.6. The van der Waals surface area contributed by atoms with Crippen LogP contribution < -0.4 is 4.74 Å². The van der Waals surface area contributed by atoms with Crippen LogP contribution in [0.1, 0.15) is 56.6 Å². The van der Waals surface area contributed by atoms with Gasteiger partial charge in [-0.2, -0.15) is 13.2 Å². The number of hydrogen-bond acceptors (Lipinski definition) is 4. The Hall–Kier alpha value is -2.29. The Morgan fingerprint density at radius 1 is 1.14 bits per heavy atom. The second-order valence-corrected chi connectivity index (χ2v) is 10.7. The summed E-state index contributed by atoms with van der Waals surface area (Å²) in [7, 11) is 0. The quantitative estimate of drug-likeness (QED) is 0.351. The number of benzene rings is 1. The van der Waals surface area contributed by atoms with Crippen LogP contribution in [0.4, 0.5) is 13.2 Å². The van der Waals surface area contributed by atoms with Crippen molar-refractivity contribution >= 4 is 22.6 Å². The van der Waals surface area contributed by atoms with Crippen molar-refractivity contribution in [3.63, 3.8) is 0 Å². The van der Waals surface area contributed by atoms with Crippen LogP contribution in [0.25, 0.3) is 11.0 Å². The Morgan fingerprint density at radius 2 is 1.86 bits per heavy atom. The molecular formula is C27H33ClF3N3O2. The van der Waals surface area contributed by atoms with E-state index >= 15 is 0 Å². The van der Waals surface area contributed by atoms with Crippen molar-refractivity contribution in [3.05, 3.63) is 57.9 Å². The van der Waals surface area contributed by atoms with Gasteiger partial charge in [0.15, 0.2) is 5.60 Å². The molecular weight excluding hydrogens is 491 g/mol. The van der Waals surface area contributed by atoms with E-state index in [9.17, 15) is 18.3 Å². The fraction of sp³-hybridized carbons (Fsp3) is 0.519. The highest BCUT2D eigenvalue weighted by Gasteiger charge is 2.56. The predicted molar refractivity (Wildman–Crippen MR) is 136 cm³/mol. The van der Waals surface area contributed by atoms with Gasteiger partial charge < -0.3 is 14.8 Å². The summed E-state index contributed by atoms with van der Waals surface area (Å²) in [6, 6.07) is 8.73. The molecule has 0 saturated heterocycles. The lowest BCUT2D eigenvalue weighted by atomic mass is 9.73. The number of alkyl halides is 3. The first-order chi connectivity index (χ1) is 16.8. The molecule has 0 saturated carbocycles. The first kappa shape index (κ1) is 26.8. The highest BCUT2D eigenvalue weighted by Crippen LogP contribution is 2.47. The SMILES string of the molecule is CCN(CC)Cc1ccc2[nH]c(CC(O)(CC(C)(C)c3cc(Cl)cc4c3OCC4)C(F)(F)F)cc2n1. The zero-order chi connectivity index (χ0) is 26.3. The standard InChI is InChI=1S/C27H33ClF3N3O2/c1-5-34(6-2)15-19-7-8-22-23(32-19)13-20(33-22)14-26(35,27(29,30)31)16-25(3,4)21-12-18(28)11-17-9-10-36-24(17)21/h7-8,11-13,33,35H,5-6,9-10,14-16H2,1-4H3. The minimum Gasteiger partial charge on any atom is -0.493 e. The number of ether oxygens (including phenoxy) is 1. The third kappa shape index (κ3) is 5.36. The number of H-pyrrole nitrogens is 1. The van der Waals surface area contributed by atoms with E-state index in [4.69, 9.17) is 16.3 Å². The number of rotatable bonds is 9. The molecule has 0 aliphatic carbocycles. The number of hydrogen-bond donors (Lipinski definition) is 2. The smallest absolute Gasteiger partial charge is 0.417 e. The number of aromatic amines is 1. The molecule has 5 nitrogen and oxygen atoms in total. The summed E-state index contributed by atoms with van der Waals surface area (Å²) in [6.07, 6.45) is -5.38. The van der Waals surface area contributed by atoms with Gasteiger partial charge in [-0.15, -0.1) is 0 Å². The van der Waals surface area contributed by atoms with E-state index in [2.05, 4.69) is 28.7 Å². The van der Waals surface area contributed by atoms with Gasteiger partial charge in [-0.3, -0.25) is 4.90 Å². The lowest BCUT2D eigenvalue weighted by Crippen LogP contribution is -2.51. The van der Waals surface area contributed by atoms with Gasteiger partial charge in [0.05, 0.1) is 23.3 Å². The van der Waals surface area contributed by atoms with Crippen LogP contribution in [0, 0.1) is 0 Å². The second-order valence-electron chi connectivity index (χ2n) is 10.3. The number of nitrogens with one attached hydrogen (secondary N) is 1. The Balaban J connectivity index is 1.64. The fourth-order valence-corrected chi connectivity index (χ4v) is 5.38. The molecule has 0 fully saturated rings. The Morgan fingerprint density at radius 3 is 2.53 bits per heavy atom. The average Bonchev–Trinajstić information content (AvgIpc) is 3.41. The van der Waals surface area contributed by atoms with Gasteiger partial charge >= 0.3 is 6.18 Å². The Labute approximate surface area is 214 Å². The summed E-state index contributed by atoms with van der Waals surface area (Å²) < 4.78 is 48.9. The molecule has 1 unspecified atom stereocenters. The van der Waals surface area contributed by atoms with E-state index in [0.29, 0.717) is 46.9 Å². The molecule has 1 atom stereocenters. The van der Waals surface area contributed by atoms with E-state index in [0.717, 1.165) is 24.3 Å². The molecule has 0 spiro atoms. The fourth-order valence-electron chi connectivity index (χ4n) is 5.14. The molecule has 0 amide bonds. The van der Waals surface area contributed by atoms with Crippen LogP contribution in [0.5, 0.6) is 5.75 Å². The maximum absolute atomic E-state index is 14.4. The largest absolute Gasteiger partial charge is 0.493 e.